The summed E-state index contributed by atoms with van der Waals surface area (Å²) in [6.45, 7) is 4.69. The fourth-order valence-corrected chi connectivity index (χ4v) is 2.90. The van der Waals surface area contributed by atoms with Crippen molar-refractivity contribution in [1.29, 1.82) is 0 Å². The number of hydrogen-bond donors (Lipinski definition) is 0. The van der Waals surface area contributed by atoms with Crippen molar-refractivity contribution in [2.75, 3.05) is 12.4 Å². The Morgan fingerprint density at radius 3 is 2.57 bits per heavy atom. The lowest BCUT2D eigenvalue weighted by atomic mass is 10.1. The minimum absolute atomic E-state index is 0.681. The van der Waals surface area contributed by atoms with Crippen molar-refractivity contribution >= 4 is 23.4 Å². The Kier molecular flexibility index (Phi) is 6.33. The summed E-state index contributed by atoms with van der Waals surface area (Å²) in [6, 6.07) is 5.88. The number of rotatable bonds is 7. The van der Waals surface area contributed by atoms with Gasteiger partial charge in [0.05, 0.1) is 11.6 Å². The second-order valence-corrected chi connectivity index (χ2v) is 6.22. The molecule has 1 aromatic carbocycles. The molecule has 0 aliphatic rings. The number of ether oxygens (including phenoxy) is 1. The molecule has 0 amide bonds. The van der Waals surface area contributed by atoms with Crippen LogP contribution in [0.15, 0.2) is 35.7 Å². The van der Waals surface area contributed by atoms with Gasteiger partial charge in [0.15, 0.2) is 5.16 Å². The zero-order valence-electron chi connectivity index (χ0n) is 12.3. The Balaban J connectivity index is 1.70. The predicted molar refractivity (Wildman–Crippen MR) is 88.4 cm³/mol. The molecule has 0 fully saturated rings. The topological polar surface area (TPSA) is 35.0 Å². The third kappa shape index (κ3) is 4.90. The zero-order valence-corrected chi connectivity index (χ0v) is 13.9. The van der Waals surface area contributed by atoms with E-state index in [0.717, 1.165) is 45.6 Å². The van der Waals surface area contributed by atoms with Gasteiger partial charge < -0.3 is 4.74 Å². The summed E-state index contributed by atoms with van der Waals surface area (Å²) in [5, 5.41) is 1.55. The first-order chi connectivity index (χ1) is 10.2. The van der Waals surface area contributed by atoms with Crippen molar-refractivity contribution in [2.45, 2.75) is 31.8 Å². The zero-order chi connectivity index (χ0) is 15.1. The van der Waals surface area contributed by atoms with Gasteiger partial charge in [0.25, 0.3) is 0 Å². The Morgan fingerprint density at radius 2 is 1.81 bits per heavy atom. The molecular weight excluding hydrogens is 304 g/mol. The van der Waals surface area contributed by atoms with Crippen LogP contribution in [0.25, 0.3) is 0 Å². The van der Waals surface area contributed by atoms with E-state index < -0.39 is 0 Å². The van der Waals surface area contributed by atoms with E-state index in [1.165, 1.54) is 0 Å². The molecule has 2 aromatic rings. The number of benzene rings is 1. The van der Waals surface area contributed by atoms with E-state index in [-0.39, 0.29) is 0 Å². The summed E-state index contributed by atoms with van der Waals surface area (Å²) in [4.78, 5) is 8.36. The SMILES string of the molecule is Cc1ccc(C)c(OCCCCSc2ncccn2)c1Cl. The number of thioether (sulfide) groups is 1. The van der Waals surface area contributed by atoms with Crippen LogP contribution < -0.4 is 4.74 Å². The van der Waals surface area contributed by atoms with Gasteiger partial charge in [-0.25, -0.2) is 9.97 Å². The van der Waals surface area contributed by atoms with Crippen LogP contribution in [0.3, 0.4) is 0 Å². The van der Waals surface area contributed by atoms with Gasteiger partial charge in [-0.3, -0.25) is 0 Å². The normalized spacial score (nSPS) is 10.6. The standard InChI is InChI=1S/C16H19ClN2OS/c1-12-6-7-13(2)15(14(12)17)20-10-3-4-11-21-16-18-8-5-9-19-16/h5-9H,3-4,10-11H2,1-2H3. The van der Waals surface area contributed by atoms with Gasteiger partial charge in [0, 0.05) is 18.1 Å². The van der Waals surface area contributed by atoms with Gasteiger partial charge in [-0.05, 0) is 43.9 Å². The molecule has 0 radical (unpaired) electrons. The van der Waals surface area contributed by atoms with Crippen LogP contribution in [0.4, 0.5) is 0 Å². The van der Waals surface area contributed by atoms with Crippen LogP contribution in [0, 0.1) is 13.8 Å². The monoisotopic (exact) mass is 322 g/mol. The molecule has 0 bridgehead atoms. The van der Waals surface area contributed by atoms with Crippen molar-refractivity contribution in [2.24, 2.45) is 0 Å². The summed E-state index contributed by atoms with van der Waals surface area (Å²) in [5.74, 6) is 1.81. The summed E-state index contributed by atoms with van der Waals surface area (Å²) >= 11 is 7.94. The summed E-state index contributed by atoms with van der Waals surface area (Å²) < 4.78 is 5.83. The minimum Gasteiger partial charge on any atom is -0.492 e. The van der Waals surface area contributed by atoms with Crippen molar-refractivity contribution in [3.8, 4) is 5.75 Å². The fraction of sp³-hybridized carbons (Fsp3) is 0.375. The average Bonchev–Trinajstić information content (AvgIpc) is 2.51. The first kappa shape index (κ1) is 16.1. The summed E-state index contributed by atoms with van der Waals surface area (Å²) in [7, 11) is 0. The lowest BCUT2D eigenvalue weighted by molar-refractivity contribution is 0.308. The number of hydrogen-bond acceptors (Lipinski definition) is 4. The third-order valence-electron chi connectivity index (χ3n) is 3.05. The molecule has 0 spiro atoms. The molecule has 1 heterocycles. The number of halogens is 1. The van der Waals surface area contributed by atoms with Crippen molar-refractivity contribution in [3.05, 3.63) is 46.7 Å². The highest BCUT2D eigenvalue weighted by molar-refractivity contribution is 7.99. The first-order valence-electron chi connectivity index (χ1n) is 6.97. The highest BCUT2D eigenvalue weighted by atomic mass is 35.5. The van der Waals surface area contributed by atoms with E-state index in [1.54, 1.807) is 24.2 Å². The van der Waals surface area contributed by atoms with Gasteiger partial charge in [0.2, 0.25) is 0 Å². The van der Waals surface area contributed by atoms with Crippen LogP contribution in [0.2, 0.25) is 5.02 Å². The number of aryl methyl sites for hydroxylation is 2. The van der Waals surface area contributed by atoms with Crippen LogP contribution in [0.5, 0.6) is 5.75 Å². The fourth-order valence-electron chi connectivity index (χ4n) is 1.83. The van der Waals surface area contributed by atoms with Gasteiger partial charge in [0.1, 0.15) is 5.75 Å². The number of nitrogens with zero attached hydrogens (tertiary/aromatic N) is 2. The quantitative estimate of drug-likeness (QED) is 0.420. The molecule has 2 rings (SSSR count). The maximum absolute atomic E-state index is 6.27. The molecule has 1 aromatic heterocycles. The molecule has 0 saturated heterocycles. The van der Waals surface area contributed by atoms with Crippen molar-refractivity contribution in [1.82, 2.24) is 9.97 Å². The lowest BCUT2D eigenvalue weighted by Crippen LogP contribution is -2.01. The van der Waals surface area contributed by atoms with Crippen LogP contribution in [0.1, 0.15) is 24.0 Å². The lowest BCUT2D eigenvalue weighted by Gasteiger charge is -2.12. The second-order valence-electron chi connectivity index (χ2n) is 4.78. The van der Waals surface area contributed by atoms with E-state index in [2.05, 4.69) is 9.97 Å². The Hall–Kier alpha value is -1.26. The average molecular weight is 323 g/mol. The van der Waals surface area contributed by atoms with E-state index in [0.29, 0.717) is 6.61 Å². The first-order valence-corrected chi connectivity index (χ1v) is 8.33. The molecule has 0 aliphatic carbocycles. The van der Waals surface area contributed by atoms with Crippen molar-refractivity contribution in [3.63, 3.8) is 0 Å². The highest BCUT2D eigenvalue weighted by Crippen LogP contribution is 2.31. The molecule has 21 heavy (non-hydrogen) atoms. The van der Waals surface area contributed by atoms with E-state index in [1.807, 2.05) is 32.0 Å². The molecule has 0 aliphatic heterocycles. The van der Waals surface area contributed by atoms with Crippen LogP contribution in [-0.2, 0) is 0 Å². The molecule has 0 saturated carbocycles. The smallest absolute Gasteiger partial charge is 0.187 e. The molecular formula is C16H19ClN2OS. The maximum atomic E-state index is 6.27. The van der Waals surface area contributed by atoms with Gasteiger partial charge >= 0.3 is 0 Å². The van der Waals surface area contributed by atoms with E-state index in [9.17, 15) is 0 Å². The Bertz CT molecular complexity index is 578. The molecule has 0 N–H and O–H groups in total. The van der Waals surface area contributed by atoms with Crippen LogP contribution >= 0.6 is 23.4 Å². The maximum Gasteiger partial charge on any atom is 0.187 e. The molecule has 5 heteroatoms. The number of aromatic nitrogens is 2. The largest absolute Gasteiger partial charge is 0.492 e. The molecule has 0 atom stereocenters. The summed E-state index contributed by atoms with van der Waals surface area (Å²) in [6.07, 6.45) is 5.58. The Morgan fingerprint density at radius 1 is 1.10 bits per heavy atom. The summed E-state index contributed by atoms with van der Waals surface area (Å²) in [5.41, 5.74) is 2.13. The third-order valence-corrected chi connectivity index (χ3v) is 4.48. The predicted octanol–water partition coefficient (Wildman–Crippen LogP) is 4.70. The Labute approximate surface area is 135 Å². The van der Waals surface area contributed by atoms with E-state index in [4.69, 9.17) is 16.3 Å². The minimum atomic E-state index is 0.681. The van der Waals surface area contributed by atoms with Gasteiger partial charge in [-0.15, -0.1) is 0 Å². The van der Waals surface area contributed by atoms with Gasteiger partial charge in [-0.1, -0.05) is 35.5 Å². The molecule has 0 unspecified atom stereocenters. The molecule has 112 valence electrons. The molecule has 3 nitrogen and oxygen atoms in total. The number of unbranched alkanes of at least 4 members (excludes halogenated alkanes) is 1. The second kappa shape index (κ2) is 8.25. The van der Waals surface area contributed by atoms with Crippen molar-refractivity contribution < 1.29 is 4.74 Å². The van der Waals surface area contributed by atoms with E-state index >= 15 is 0 Å². The highest BCUT2D eigenvalue weighted by Gasteiger charge is 2.07. The van der Waals surface area contributed by atoms with Gasteiger partial charge in [-0.2, -0.15) is 0 Å². The van der Waals surface area contributed by atoms with Crippen LogP contribution in [-0.4, -0.2) is 22.3 Å².